The van der Waals surface area contributed by atoms with E-state index in [2.05, 4.69) is 43.0 Å². The number of oxazole rings is 1. The van der Waals surface area contributed by atoms with Crippen LogP contribution in [-0.2, 0) is 12.5 Å². The molecule has 2 N–H and O–H groups in total. The minimum Gasteiger partial charge on any atom is -0.436 e. The molecule has 0 aliphatic carbocycles. The number of aryl methyl sites for hydroxylation is 1. The van der Waals surface area contributed by atoms with Crippen LogP contribution in [0.25, 0.3) is 22.6 Å². The SMILES string of the molecule is Cn1ncc(-c2nc3cc(C(C)(C)C)ccc3o2)c1N. The van der Waals surface area contributed by atoms with Gasteiger partial charge in [0, 0.05) is 7.05 Å². The first-order chi connectivity index (χ1) is 9.36. The summed E-state index contributed by atoms with van der Waals surface area (Å²) in [4.78, 5) is 4.53. The first kappa shape index (κ1) is 12.7. The molecule has 0 amide bonds. The Labute approximate surface area is 117 Å². The third-order valence-corrected chi connectivity index (χ3v) is 3.47. The average Bonchev–Trinajstić information content (AvgIpc) is 2.92. The molecule has 0 saturated carbocycles. The quantitative estimate of drug-likeness (QED) is 0.737. The minimum atomic E-state index is 0.0840. The Bertz CT molecular complexity index is 777. The maximum absolute atomic E-state index is 5.96. The molecule has 0 radical (unpaired) electrons. The van der Waals surface area contributed by atoms with Crippen molar-refractivity contribution in [1.29, 1.82) is 0 Å². The van der Waals surface area contributed by atoms with Crippen molar-refractivity contribution in [2.24, 2.45) is 7.05 Å². The lowest BCUT2D eigenvalue weighted by Crippen LogP contribution is -2.10. The Hall–Kier alpha value is -2.30. The third-order valence-electron chi connectivity index (χ3n) is 3.47. The number of benzene rings is 1. The highest BCUT2D eigenvalue weighted by atomic mass is 16.3. The van der Waals surface area contributed by atoms with E-state index in [0.29, 0.717) is 11.7 Å². The predicted molar refractivity (Wildman–Crippen MR) is 79.3 cm³/mol. The summed E-state index contributed by atoms with van der Waals surface area (Å²) in [5.41, 5.74) is 9.59. The second-order valence-electron chi connectivity index (χ2n) is 6.02. The molecule has 0 aliphatic heterocycles. The van der Waals surface area contributed by atoms with Crippen LogP contribution in [-0.4, -0.2) is 14.8 Å². The summed E-state index contributed by atoms with van der Waals surface area (Å²) in [6.07, 6.45) is 1.67. The van der Waals surface area contributed by atoms with E-state index >= 15 is 0 Å². The lowest BCUT2D eigenvalue weighted by molar-refractivity contribution is 0.590. The molecule has 1 aromatic carbocycles. The summed E-state index contributed by atoms with van der Waals surface area (Å²) in [7, 11) is 1.79. The molecule has 2 aromatic heterocycles. The highest BCUT2D eigenvalue weighted by molar-refractivity contribution is 5.79. The largest absolute Gasteiger partial charge is 0.436 e. The number of fused-ring (bicyclic) bond motifs is 1. The zero-order chi connectivity index (χ0) is 14.5. The molecule has 3 rings (SSSR count). The number of hydrogen-bond acceptors (Lipinski definition) is 4. The number of aromatic nitrogens is 3. The van der Waals surface area contributed by atoms with Crippen LogP contribution in [0.15, 0.2) is 28.8 Å². The Morgan fingerprint density at radius 3 is 2.60 bits per heavy atom. The summed E-state index contributed by atoms with van der Waals surface area (Å²) >= 11 is 0. The normalized spacial score (nSPS) is 12.2. The van der Waals surface area contributed by atoms with Gasteiger partial charge in [0.25, 0.3) is 0 Å². The van der Waals surface area contributed by atoms with Crippen molar-refractivity contribution in [1.82, 2.24) is 14.8 Å². The Morgan fingerprint density at radius 2 is 2.00 bits per heavy atom. The molecule has 0 saturated heterocycles. The fraction of sp³-hybridized carbons (Fsp3) is 0.333. The summed E-state index contributed by atoms with van der Waals surface area (Å²) in [6.45, 7) is 6.52. The highest BCUT2D eigenvalue weighted by Crippen LogP contribution is 2.30. The first-order valence-electron chi connectivity index (χ1n) is 6.55. The average molecular weight is 270 g/mol. The number of anilines is 1. The minimum absolute atomic E-state index is 0.0840. The summed E-state index contributed by atoms with van der Waals surface area (Å²) in [6, 6.07) is 6.10. The Kier molecular flexibility index (Phi) is 2.61. The fourth-order valence-corrected chi connectivity index (χ4v) is 2.12. The Balaban J connectivity index is 2.14. The third kappa shape index (κ3) is 1.95. The first-order valence-corrected chi connectivity index (χ1v) is 6.55. The standard InChI is InChI=1S/C15H18N4O/c1-15(2,3)9-5-6-12-11(7-9)18-14(20-12)10-8-17-19(4)13(10)16/h5-8H,16H2,1-4H3. The monoisotopic (exact) mass is 270 g/mol. The van der Waals surface area contributed by atoms with Crippen LogP contribution in [0, 0.1) is 0 Å². The topological polar surface area (TPSA) is 69.9 Å². The van der Waals surface area contributed by atoms with Gasteiger partial charge in [-0.05, 0) is 23.1 Å². The van der Waals surface area contributed by atoms with E-state index < -0.39 is 0 Å². The predicted octanol–water partition coefficient (Wildman–Crippen LogP) is 3.11. The molecule has 0 fully saturated rings. The number of hydrogen-bond donors (Lipinski definition) is 1. The molecular formula is C15H18N4O. The van der Waals surface area contributed by atoms with E-state index in [0.717, 1.165) is 16.7 Å². The van der Waals surface area contributed by atoms with Gasteiger partial charge in [-0.15, -0.1) is 0 Å². The van der Waals surface area contributed by atoms with Crippen LogP contribution in [0.1, 0.15) is 26.3 Å². The van der Waals surface area contributed by atoms with Gasteiger partial charge in [-0.25, -0.2) is 4.98 Å². The smallest absolute Gasteiger partial charge is 0.232 e. The van der Waals surface area contributed by atoms with Gasteiger partial charge in [0.1, 0.15) is 11.3 Å². The van der Waals surface area contributed by atoms with Crippen LogP contribution in [0.5, 0.6) is 0 Å². The lowest BCUT2D eigenvalue weighted by Gasteiger charge is -2.18. The summed E-state index contributed by atoms with van der Waals surface area (Å²) in [5.74, 6) is 1.06. The van der Waals surface area contributed by atoms with Gasteiger partial charge in [-0.2, -0.15) is 5.10 Å². The maximum atomic E-state index is 5.96. The highest BCUT2D eigenvalue weighted by Gasteiger charge is 2.18. The van der Waals surface area contributed by atoms with Crippen LogP contribution < -0.4 is 5.73 Å². The van der Waals surface area contributed by atoms with Gasteiger partial charge in [-0.3, -0.25) is 4.68 Å². The van der Waals surface area contributed by atoms with Crippen LogP contribution in [0.4, 0.5) is 5.82 Å². The zero-order valence-electron chi connectivity index (χ0n) is 12.1. The molecule has 104 valence electrons. The molecule has 0 bridgehead atoms. The van der Waals surface area contributed by atoms with Gasteiger partial charge < -0.3 is 10.2 Å². The molecule has 2 heterocycles. The lowest BCUT2D eigenvalue weighted by atomic mass is 9.87. The molecule has 5 heteroatoms. The molecule has 0 atom stereocenters. The van der Waals surface area contributed by atoms with E-state index in [1.807, 2.05) is 6.07 Å². The molecular weight excluding hydrogens is 252 g/mol. The van der Waals surface area contributed by atoms with Crippen LogP contribution in [0.2, 0.25) is 0 Å². The van der Waals surface area contributed by atoms with Crippen molar-refractivity contribution in [3.63, 3.8) is 0 Å². The van der Waals surface area contributed by atoms with Crippen molar-refractivity contribution < 1.29 is 4.42 Å². The van der Waals surface area contributed by atoms with Crippen molar-refractivity contribution in [2.75, 3.05) is 5.73 Å². The van der Waals surface area contributed by atoms with Gasteiger partial charge in [0.2, 0.25) is 5.89 Å². The Morgan fingerprint density at radius 1 is 1.25 bits per heavy atom. The summed E-state index contributed by atoms with van der Waals surface area (Å²) < 4.78 is 7.37. The molecule has 20 heavy (non-hydrogen) atoms. The summed E-state index contributed by atoms with van der Waals surface area (Å²) in [5, 5.41) is 4.11. The number of nitrogen functional groups attached to an aromatic ring is 1. The van der Waals surface area contributed by atoms with Gasteiger partial charge >= 0.3 is 0 Å². The number of rotatable bonds is 1. The second-order valence-corrected chi connectivity index (χ2v) is 6.02. The number of nitrogens with two attached hydrogens (primary N) is 1. The van der Waals surface area contributed by atoms with Crippen molar-refractivity contribution in [2.45, 2.75) is 26.2 Å². The van der Waals surface area contributed by atoms with E-state index in [4.69, 9.17) is 10.2 Å². The van der Waals surface area contributed by atoms with Crippen molar-refractivity contribution in [3.05, 3.63) is 30.0 Å². The fourth-order valence-electron chi connectivity index (χ4n) is 2.12. The van der Waals surface area contributed by atoms with E-state index in [9.17, 15) is 0 Å². The number of nitrogens with zero attached hydrogens (tertiary/aromatic N) is 3. The van der Waals surface area contributed by atoms with E-state index in [1.165, 1.54) is 5.56 Å². The molecule has 5 nitrogen and oxygen atoms in total. The second kappa shape index (κ2) is 4.10. The van der Waals surface area contributed by atoms with Gasteiger partial charge in [-0.1, -0.05) is 26.8 Å². The maximum Gasteiger partial charge on any atom is 0.232 e. The van der Waals surface area contributed by atoms with Crippen molar-refractivity contribution in [3.8, 4) is 11.5 Å². The van der Waals surface area contributed by atoms with Crippen molar-refractivity contribution >= 4 is 16.9 Å². The molecule has 0 aliphatic rings. The van der Waals surface area contributed by atoms with Crippen LogP contribution in [0.3, 0.4) is 0 Å². The van der Waals surface area contributed by atoms with E-state index in [1.54, 1.807) is 17.9 Å². The molecule has 0 spiro atoms. The van der Waals surface area contributed by atoms with Gasteiger partial charge in [0.05, 0.1) is 11.8 Å². The van der Waals surface area contributed by atoms with E-state index in [-0.39, 0.29) is 5.41 Å². The molecule has 0 unspecified atom stereocenters. The van der Waals surface area contributed by atoms with Crippen LogP contribution >= 0.6 is 0 Å². The zero-order valence-corrected chi connectivity index (χ0v) is 12.1. The molecule has 3 aromatic rings. The van der Waals surface area contributed by atoms with Gasteiger partial charge in [0.15, 0.2) is 5.58 Å².